The summed E-state index contributed by atoms with van der Waals surface area (Å²) >= 11 is 0. The highest BCUT2D eigenvalue weighted by atomic mass is 14.7. The number of hydrogen-bond donors (Lipinski definition) is 2. The van der Waals surface area contributed by atoms with E-state index in [2.05, 4.69) is 13.8 Å². The van der Waals surface area contributed by atoms with E-state index in [1.165, 1.54) is 6.42 Å². The SMILES string of the molecule is CCC.CCC(N)CN. The monoisotopic (exact) mass is 132 g/mol. The summed E-state index contributed by atoms with van der Waals surface area (Å²) in [6.07, 6.45) is 2.23. The van der Waals surface area contributed by atoms with Crippen molar-refractivity contribution in [1.82, 2.24) is 0 Å². The van der Waals surface area contributed by atoms with Crippen LogP contribution in [-0.2, 0) is 0 Å². The van der Waals surface area contributed by atoms with Crippen molar-refractivity contribution in [2.45, 2.75) is 39.7 Å². The molecule has 0 aliphatic carbocycles. The van der Waals surface area contributed by atoms with Crippen LogP contribution in [0.4, 0.5) is 0 Å². The zero-order valence-corrected chi connectivity index (χ0v) is 6.85. The Hall–Kier alpha value is -0.0800. The average molecular weight is 132 g/mol. The van der Waals surface area contributed by atoms with E-state index >= 15 is 0 Å². The Labute approximate surface area is 58.6 Å². The maximum absolute atomic E-state index is 5.35. The standard InChI is InChI=1S/C4H12N2.C3H8/c1-2-4(6)3-5;1-3-2/h4H,2-3,5-6H2,1H3;3H2,1-2H3. The smallest absolute Gasteiger partial charge is 0.0160 e. The molecular weight excluding hydrogens is 112 g/mol. The molecule has 0 amide bonds. The fourth-order valence-electron chi connectivity index (χ4n) is 0.167. The molecule has 58 valence electrons. The first-order chi connectivity index (χ1) is 4.22. The Bertz CT molecular complexity index is 33.9. The lowest BCUT2D eigenvalue weighted by Gasteiger charge is -1.99. The second kappa shape index (κ2) is 10.8. The van der Waals surface area contributed by atoms with Crippen LogP contribution in [0.3, 0.4) is 0 Å². The van der Waals surface area contributed by atoms with Crippen LogP contribution in [-0.4, -0.2) is 12.6 Å². The summed E-state index contributed by atoms with van der Waals surface area (Å²) in [6, 6.07) is 0.213. The first kappa shape index (κ1) is 11.7. The van der Waals surface area contributed by atoms with Crippen LogP contribution in [0.2, 0.25) is 0 Å². The fraction of sp³-hybridized carbons (Fsp3) is 1.00. The lowest BCUT2D eigenvalue weighted by Crippen LogP contribution is -2.28. The number of nitrogens with two attached hydrogens (primary N) is 2. The summed E-state index contributed by atoms with van der Waals surface area (Å²) in [6.45, 7) is 6.88. The predicted octanol–water partition coefficient (Wildman–Crippen LogP) is 1.10. The van der Waals surface area contributed by atoms with Gasteiger partial charge in [0.2, 0.25) is 0 Å². The van der Waals surface area contributed by atoms with Gasteiger partial charge >= 0.3 is 0 Å². The molecule has 1 unspecified atom stereocenters. The van der Waals surface area contributed by atoms with E-state index in [-0.39, 0.29) is 6.04 Å². The molecule has 0 saturated heterocycles. The van der Waals surface area contributed by atoms with E-state index in [1.54, 1.807) is 0 Å². The van der Waals surface area contributed by atoms with Gasteiger partial charge < -0.3 is 11.5 Å². The number of rotatable bonds is 2. The Morgan fingerprint density at radius 1 is 1.22 bits per heavy atom. The van der Waals surface area contributed by atoms with Crippen molar-refractivity contribution in [3.05, 3.63) is 0 Å². The molecule has 2 heteroatoms. The van der Waals surface area contributed by atoms with E-state index in [0.717, 1.165) is 6.42 Å². The van der Waals surface area contributed by atoms with E-state index in [1.807, 2.05) is 6.92 Å². The third kappa shape index (κ3) is 18.1. The van der Waals surface area contributed by atoms with Gasteiger partial charge in [0, 0.05) is 12.6 Å². The zero-order chi connectivity index (χ0) is 7.70. The van der Waals surface area contributed by atoms with Gasteiger partial charge in [-0.1, -0.05) is 27.2 Å². The molecule has 0 saturated carbocycles. The summed E-state index contributed by atoms with van der Waals surface area (Å²) in [7, 11) is 0. The van der Waals surface area contributed by atoms with Crippen LogP contribution >= 0.6 is 0 Å². The minimum absolute atomic E-state index is 0.213. The van der Waals surface area contributed by atoms with E-state index in [4.69, 9.17) is 11.5 Å². The Kier molecular flexibility index (Phi) is 14.0. The fourth-order valence-corrected chi connectivity index (χ4v) is 0.167. The van der Waals surface area contributed by atoms with Gasteiger partial charge in [-0.2, -0.15) is 0 Å². The first-order valence-electron chi connectivity index (χ1n) is 3.68. The minimum atomic E-state index is 0.213. The highest BCUT2D eigenvalue weighted by molar-refractivity contribution is 4.55. The van der Waals surface area contributed by atoms with Crippen LogP contribution in [0.15, 0.2) is 0 Å². The maximum Gasteiger partial charge on any atom is 0.0160 e. The van der Waals surface area contributed by atoms with Gasteiger partial charge in [-0.15, -0.1) is 0 Å². The lowest BCUT2D eigenvalue weighted by molar-refractivity contribution is 0.660. The average Bonchev–Trinajstić information content (AvgIpc) is 1.88. The second-order valence-electron chi connectivity index (χ2n) is 2.11. The molecule has 0 aromatic rings. The van der Waals surface area contributed by atoms with Gasteiger partial charge in [0.15, 0.2) is 0 Å². The molecule has 0 radical (unpaired) electrons. The van der Waals surface area contributed by atoms with Gasteiger partial charge in [0.05, 0.1) is 0 Å². The highest BCUT2D eigenvalue weighted by Gasteiger charge is 1.88. The van der Waals surface area contributed by atoms with Crippen molar-refractivity contribution >= 4 is 0 Å². The molecule has 0 spiro atoms. The molecule has 0 aromatic carbocycles. The Morgan fingerprint density at radius 2 is 1.56 bits per heavy atom. The minimum Gasteiger partial charge on any atom is -0.329 e. The van der Waals surface area contributed by atoms with Crippen molar-refractivity contribution in [3.8, 4) is 0 Å². The quantitative estimate of drug-likeness (QED) is 0.591. The Balaban J connectivity index is 0. The van der Waals surface area contributed by atoms with Crippen molar-refractivity contribution in [2.24, 2.45) is 11.5 Å². The van der Waals surface area contributed by atoms with Crippen LogP contribution in [0.25, 0.3) is 0 Å². The van der Waals surface area contributed by atoms with Crippen LogP contribution < -0.4 is 11.5 Å². The third-order valence-corrected chi connectivity index (χ3v) is 0.827. The van der Waals surface area contributed by atoms with E-state index in [0.29, 0.717) is 6.54 Å². The van der Waals surface area contributed by atoms with Crippen molar-refractivity contribution < 1.29 is 0 Å². The summed E-state index contributed by atoms with van der Waals surface area (Å²) in [5, 5.41) is 0. The number of hydrogen-bond acceptors (Lipinski definition) is 2. The van der Waals surface area contributed by atoms with E-state index < -0.39 is 0 Å². The summed E-state index contributed by atoms with van der Waals surface area (Å²) < 4.78 is 0. The van der Waals surface area contributed by atoms with Crippen molar-refractivity contribution in [3.63, 3.8) is 0 Å². The van der Waals surface area contributed by atoms with Crippen LogP contribution in [0.1, 0.15) is 33.6 Å². The summed E-state index contributed by atoms with van der Waals surface area (Å²) in [4.78, 5) is 0. The van der Waals surface area contributed by atoms with Crippen LogP contribution in [0.5, 0.6) is 0 Å². The molecule has 4 N–H and O–H groups in total. The van der Waals surface area contributed by atoms with Gasteiger partial charge in [-0.25, -0.2) is 0 Å². The van der Waals surface area contributed by atoms with Gasteiger partial charge in [0.25, 0.3) is 0 Å². The molecule has 0 aliphatic rings. The normalized spacial score (nSPS) is 11.7. The summed E-state index contributed by atoms with van der Waals surface area (Å²) in [5.74, 6) is 0. The molecule has 1 atom stereocenters. The summed E-state index contributed by atoms with van der Waals surface area (Å²) in [5.41, 5.74) is 10.5. The molecule has 0 aliphatic heterocycles. The predicted molar refractivity (Wildman–Crippen MR) is 43.3 cm³/mol. The van der Waals surface area contributed by atoms with Gasteiger partial charge in [-0.05, 0) is 6.42 Å². The zero-order valence-electron chi connectivity index (χ0n) is 6.85. The topological polar surface area (TPSA) is 52.0 Å². The Morgan fingerprint density at radius 3 is 1.56 bits per heavy atom. The highest BCUT2D eigenvalue weighted by Crippen LogP contribution is 1.77. The third-order valence-electron chi connectivity index (χ3n) is 0.827. The van der Waals surface area contributed by atoms with Crippen molar-refractivity contribution in [2.75, 3.05) is 6.54 Å². The molecule has 0 rings (SSSR count). The molecule has 2 nitrogen and oxygen atoms in total. The largest absolute Gasteiger partial charge is 0.329 e. The van der Waals surface area contributed by atoms with Gasteiger partial charge in [-0.3, -0.25) is 0 Å². The molecule has 0 bridgehead atoms. The first-order valence-corrected chi connectivity index (χ1v) is 3.68. The second-order valence-corrected chi connectivity index (χ2v) is 2.11. The lowest BCUT2D eigenvalue weighted by atomic mass is 10.2. The molecule has 9 heavy (non-hydrogen) atoms. The molecular formula is C7H20N2. The van der Waals surface area contributed by atoms with Crippen molar-refractivity contribution in [1.29, 1.82) is 0 Å². The molecule has 0 heterocycles. The maximum atomic E-state index is 5.35. The van der Waals surface area contributed by atoms with Crippen LogP contribution in [0, 0.1) is 0 Å². The van der Waals surface area contributed by atoms with Gasteiger partial charge in [0.1, 0.15) is 0 Å². The van der Waals surface area contributed by atoms with E-state index in [9.17, 15) is 0 Å². The molecule has 0 fully saturated rings. The molecule has 0 aromatic heterocycles.